The van der Waals surface area contributed by atoms with Gasteiger partial charge in [-0.15, -0.1) is 0 Å². The summed E-state index contributed by atoms with van der Waals surface area (Å²) >= 11 is 0. The minimum atomic E-state index is -1.01. The van der Waals surface area contributed by atoms with Crippen LogP contribution in [-0.2, 0) is 20.7 Å². The third kappa shape index (κ3) is 12.0. The number of rotatable bonds is 18. The summed E-state index contributed by atoms with van der Waals surface area (Å²) < 4.78 is 5.30. The lowest BCUT2D eigenvalue weighted by Crippen LogP contribution is -2.54. The number of ether oxygens (including phenoxy) is 1. The van der Waals surface area contributed by atoms with Crippen LogP contribution in [0.25, 0.3) is 0 Å². The van der Waals surface area contributed by atoms with Crippen molar-refractivity contribution in [3.05, 3.63) is 35.9 Å². The van der Waals surface area contributed by atoms with Crippen LogP contribution in [0, 0.1) is 5.41 Å². The highest BCUT2D eigenvalue weighted by Gasteiger charge is 2.31. The molecule has 0 saturated carbocycles. The van der Waals surface area contributed by atoms with E-state index in [4.69, 9.17) is 4.74 Å². The van der Waals surface area contributed by atoms with Crippen molar-refractivity contribution in [1.82, 2.24) is 10.6 Å². The van der Waals surface area contributed by atoms with Crippen molar-refractivity contribution >= 4 is 11.8 Å². The van der Waals surface area contributed by atoms with E-state index < -0.39 is 23.5 Å². The summed E-state index contributed by atoms with van der Waals surface area (Å²) in [5.41, 5.74) is 0.0668. The van der Waals surface area contributed by atoms with Gasteiger partial charge in [0.1, 0.15) is 6.04 Å². The molecular weight excluding hydrogens is 432 g/mol. The first-order chi connectivity index (χ1) is 16.2. The van der Waals surface area contributed by atoms with Crippen molar-refractivity contribution in [1.29, 1.82) is 0 Å². The zero-order valence-electron chi connectivity index (χ0n) is 21.5. The molecule has 0 saturated heterocycles. The second-order valence-corrected chi connectivity index (χ2v) is 9.85. The number of unbranched alkanes of at least 4 members (excludes halogenated alkanes) is 4. The van der Waals surface area contributed by atoms with Gasteiger partial charge < -0.3 is 25.6 Å². The minimum absolute atomic E-state index is 0.256. The molecule has 1 aromatic rings. The monoisotopic (exact) mass is 478 g/mol. The molecule has 7 heteroatoms. The molecule has 0 fully saturated rings. The molecule has 34 heavy (non-hydrogen) atoms. The molecular formula is C27H46N2O5. The lowest BCUT2D eigenvalue weighted by atomic mass is 9.92. The Morgan fingerprint density at radius 3 is 2.29 bits per heavy atom. The number of aliphatic hydroxyl groups is 2. The predicted octanol–water partition coefficient (Wildman–Crippen LogP) is 3.37. The second kappa shape index (κ2) is 16.6. The van der Waals surface area contributed by atoms with Gasteiger partial charge in [-0.2, -0.15) is 0 Å². The molecule has 0 heterocycles. The maximum absolute atomic E-state index is 13.2. The Kier molecular flexibility index (Phi) is 14.7. The zero-order chi connectivity index (χ0) is 25.4. The topological polar surface area (TPSA) is 108 Å². The summed E-state index contributed by atoms with van der Waals surface area (Å²) in [7, 11) is 1.59. The Bertz CT molecular complexity index is 696. The van der Waals surface area contributed by atoms with Crippen LogP contribution in [0.4, 0.5) is 0 Å². The predicted molar refractivity (Wildman–Crippen MR) is 135 cm³/mol. The summed E-state index contributed by atoms with van der Waals surface area (Å²) in [5, 5.41) is 25.8. The van der Waals surface area contributed by atoms with Gasteiger partial charge >= 0.3 is 0 Å². The molecule has 1 aromatic carbocycles. The molecule has 0 radical (unpaired) electrons. The highest BCUT2D eigenvalue weighted by Crippen LogP contribution is 2.16. The average molecular weight is 479 g/mol. The lowest BCUT2D eigenvalue weighted by molar-refractivity contribution is -0.136. The molecule has 194 valence electrons. The summed E-state index contributed by atoms with van der Waals surface area (Å²) in [5.74, 6) is -0.703. The molecule has 2 amide bonds. The summed E-state index contributed by atoms with van der Waals surface area (Å²) in [4.78, 5) is 25.9. The van der Waals surface area contributed by atoms with Crippen LogP contribution in [0.3, 0.4) is 0 Å². The van der Waals surface area contributed by atoms with Crippen molar-refractivity contribution in [3.63, 3.8) is 0 Å². The normalized spacial score (nSPS) is 14.3. The third-order valence-corrected chi connectivity index (χ3v) is 6.10. The van der Waals surface area contributed by atoms with Crippen LogP contribution in [0.1, 0.15) is 77.7 Å². The summed E-state index contributed by atoms with van der Waals surface area (Å²) in [6, 6.07) is 8.77. The van der Waals surface area contributed by atoms with E-state index in [9.17, 15) is 19.8 Å². The average Bonchev–Trinajstić information content (AvgIpc) is 2.82. The molecule has 0 aliphatic rings. The van der Waals surface area contributed by atoms with Crippen LogP contribution >= 0.6 is 0 Å². The van der Waals surface area contributed by atoms with E-state index in [1.165, 1.54) is 19.3 Å². The number of aliphatic hydroxyl groups excluding tert-OH is 2. The smallest absolute Gasteiger partial charge is 0.242 e. The van der Waals surface area contributed by atoms with Gasteiger partial charge in [-0.25, -0.2) is 0 Å². The number of methoxy groups -OCH3 is 1. The fourth-order valence-corrected chi connectivity index (χ4v) is 3.73. The summed E-state index contributed by atoms with van der Waals surface area (Å²) in [6.45, 7) is 5.44. The zero-order valence-corrected chi connectivity index (χ0v) is 21.5. The first kappa shape index (κ1) is 30.1. The molecule has 4 N–H and O–H groups in total. The third-order valence-electron chi connectivity index (χ3n) is 6.10. The number of amides is 2. The van der Waals surface area contributed by atoms with Gasteiger partial charge in [-0.1, -0.05) is 69.4 Å². The fourth-order valence-electron chi connectivity index (χ4n) is 3.73. The van der Waals surface area contributed by atoms with Gasteiger partial charge in [-0.3, -0.25) is 9.59 Å². The van der Waals surface area contributed by atoms with Gasteiger partial charge in [0, 0.05) is 7.11 Å². The van der Waals surface area contributed by atoms with E-state index in [1.807, 2.05) is 30.3 Å². The SMILES string of the molecule is CCCCCCCC(O)CCC(NC(=O)C(C)(C)CO)C(=O)N[C@H](COC)Cc1ccccc1. The van der Waals surface area contributed by atoms with Crippen LogP contribution in [0.2, 0.25) is 0 Å². The highest BCUT2D eigenvalue weighted by molar-refractivity contribution is 5.90. The van der Waals surface area contributed by atoms with Crippen LogP contribution in [0.5, 0.6) is 0 Å². The largest absolute Gasteiger partial charge is 0.395 e. The van der Waals surface area contributed by atoms with E-state index >= 15 is 0 Å². The number of hydrogen-bond acceptors (Lipinski definition) is 5. The Morgan fingerprint density at radius 2 is 1.68 bits per heavy atom. The molecule has 1 rings (SSSR count). The van der Waals surface area contributed by atoms with Gasteiger partial charge in [0.15, 0.2) is 0 Å². The molecule has 0 spiro atoms. The van der Waals surface area contributed by atoms with E-state index in [0.29, 0.717) is 32.3 Å². The van der Waals surface area contributed by atoms with E-state index in [2.05, 4.69) is 17.6 Å². The van der Waals surface area contributed by atoms with Crippen molar-refractivity contribution < 1.29 is 24.5 Å². The molecule has 0 aliphatic carbocycles. The van der Waals surface area contributed by atoms with Crippen molar-refractivity contribution in [3.8, 4) is 0 Å². The maximum atomic E-state index is 13.2. The summed E-state index contributed by atoms with van der Waals surface area (Å²) in [6.07, 6.45) is 7.11. The van der Waals surface area contributed by atoms with Crippen LogP contribution in [-0.4, -0.2) is 60.5 Å². The highest BCUT2D eigenvalue weighted by atomic mass is 16.5. The number of carbonyl (C=O) groups is 2. The fraction of sp³-hybridized carbons (Fsp3) is 0.704. The molecule has 0 bridgehead atoms. The van der Waals surface area contributed by atoms with Gasteiger partial charge in [-0.05, 0) is 45.1 Å². The Hall–Kier alpha value is -1.96. The molecule has 3 atom stereocenters. The first-order valence-corrected chi connectivity index (χ1v) is 12.7. The van der Waals surface area contributed by atoms with Gasteiger partial charge in [0.2, 0.25) is 11.8 Å². The minimum Gasteiger partial charge on any atom is -0.395 e. The van der Waals surface area contributed by atoms with E-state index in [-0.39, 0.29) is 18.6 Å². The molecule has 0 aromatic heterocycles. The van der Waals surface area contributed by atoms with Crippen LogP contribution in [0.15, 0.2) is 30.3 Å². The number of nitrogens with one attached hydrogen (secondary N) is 2. The quantitative estimate of drug-likeness (QED) is 0.242. The second-order valence-electron chi connectivity index (χ2n) is 9.85. The lowest BCUT2D eigenvalue weighted by Gasteiger charge is -2.27. The first-order valence-electron chi connectivity index (χ1n) is 12.7. The van der Waals surface area contributed by atoms with Crippen LogP contribution < -0.4 is 10.6 Å². The van der Waals surface area contributed by atoms with E-state index in [0.717, 1.165) is 18.4 Å². The van der Waals surface area contributed by atoms with E-state index in [1.54, 1.807) is 21.0 Å². The molecule has 7 nitrogen and oxygen atoms in total. The maximum Gasteiger partial charge on any atom is 0.242 e. The Labute approximate surface area is 205 Å². The molecule has 2 unspecified atom stereocenters. The van der Waals surface area contributed by atoms with Crippen molar-refractivity contribution in [2.24, 2.45) is 5.41 Å². The standard InChI is InChI=1S/C27H46N2O5/c1-5-6-7-8-12-15-23(31)16-17-24(29-26(33)27(2,3)20-30)25(32)28-22(19-34-4)18-21-13-10-9-11-14-21/h9-11,13-14,22-24,30-31H,5-8,12,15-20H2,1-4H3,(H,28,32)(H,29,33)/t22-,23?,24?/m0/s1. The van der Waals surface area contributed by atoms with Gasteiger partial charge in [0.05, 0.1) is 30.8 Å². The van der Waals surface area contributed by atoms with Crippen molar-refractivity contribution in [2.45, 2.75) is 96.7 Å². The molecule has 0 aliphatic heterocycles. The van der Waals surface area contributed by atoms with Gasteiger partial charge in [0.25, 0.3) is 0 Å². The Balaban J connectivity index is 2.78. The number of benzene rings is 1. The Morgan fingerprint density at radius 1 is 1.00 bits per heavy atom. The number of hydrogen-bond donors (Lipinski definition) is 4. The number of carbonyl (C=O) groups excluding carboxylic acids is 2. The van der Waals surface area contributed by atoms with Crippen molar-refractivity contribution in [2.75, 3.05) is 20.3 Å².